The van der Waals surface area contributed by atoms with Crippen LogP contribution in [-0.4, -0.2) is 35.2 Å². The van der Waals surface area contributed by atoms with E-state index in [1.54, 1.807) is 13.4 Å². The summed E-state index contributed by atoms with van der Waals surface area (Å²) in [5.41, 5.74) is 6.29. The number of nitrogens with one attached hydrogen (secondary N) is 1. The predicted octanol–water partition coefficient (Wildman–Crippen LogP) is 3.91. The topological polar surface area (TPSA) is 73.1 Å². The lowest BCUT2D eigenvalue weighted by Gasteiger charge is -2.10. The summed E-state index contributed by atoms with van der Waals surface area (Å²) in [7, 11) is 1.71. The molecular weight excluding hydrogens is 328 g/mol. The number of aromatic nitrogens is 3. The van der Waals surface area contributed by atoms with Crippen molar-refractivity contribution in [3.63, 3.8) is 0 Å². The smallest absolute Gasteiger partial charge is 0.229 e. The molecule has 4 rings (SSSR count). The number of fused-ring (bicyclic) bond motifs is 5. The third-order valence-corrected chi connectivity index (χ3v) is 4.98. The highest BCUT2D eigenvalue weighted by atomic mass is 16.5. The van der Waals surface area contributed by atoms with Crippen LogP contribution in [0.4, 0.5) is 5.82 Å². The normalized spacial score (nSPS) is 13.8. The molecule has 0 atom stereocenters. The zero-order valence-electron chi connectivity index (χ0n) is 15.8. The van der Waals surface area contributed by atoms with Crippen LogP contribution < -0.4 is 5.32 Å². The van der Waals surface area contributed by atoms with Crippen molar-refractivity contribution < 1.29 is 9.15 Å². The Morgan fingerprint density at radius 1 is 1.23 bits per heavy atom. The Morgan fingerprint density at radius 3 is 2.88 bits per heavy atom. The Labute approximate surface area is 153 Å². The first-order chi connectivity index (χ1) is 12.7. The molecule has 0 spiro atoms. The number of nitrogens with zero attached hydrogens (tertiary/aromatic N) is 3. The summed E-state index contributed by atoms with van der Waals surface area (Å²) in [6, 6.07) is 0. The van der Waals surface area contributed by atoms with E-state index in [2.05, 4.69) is 29.1 Å². The predicted molar refractivity (Wildman–Crippen MR) is 103 cm³/mol. The van der Waals surface area contributed by atoms with Gasteiger partial charge in [-0.15, -0.1) is 0 Å². The van der Waals surface area contributed by atoms with Crippen molar-refractivity contribution in [2.24, 2.45) is 5.92 Å². The summed E-state index contributed by atoms with van der Waals surface area (Å²) >= 11 is 0. The van der Waals surface area contributed by atoms with E-state index in [9.17, 15) is 0 Å². The maximum Gasteiger partial charge on any atom is 0.229 e. The van der Waals surface area contributed by atoms with Crippen LogP contribution in [0.5, 0.6) is 0 Å². The van der Waals surface area contributed by atoms with Crippen LogP contribution in [0.2, 0.25) is 0 Å². The number of hydrogen-bond donors (Lipinski definition) is 1. The van der Waals surface area contributed by atoms with Crippen molar-refractivity contribution in [2.45, 2.75) is 46.0 Å². The number of hydrogen-bond acceptors (Lipinski definition) is 6. The van der Waals surface area contributed by atoms with Gasteiger partial charge in [0.25, 0.3) is 0 Å². The number of methoxy groups -OCH3 is 1. The van der Waals surface area contributed by atoms with Crippen molar-refractivity contribution in [3.05, 3.63) is 23.1 Å². The SMILES string of the molecule is COCCCNc1ncnc2c1oc1nc(CC(C)C)c3c(c12)CCC3. The van der Waals surface area contributed by atoms with Crippen LogP contribution in [0.15, 0.2) is 10.7 Å². The van der Waals surface area contributed by atoms with Gasteiger partial charge in [-0.05, 0) is 49.1 Å². The van der Waals surface area contributed by atoms with E-state index >= 15 is 0 Å². The lowest BCUT2D eigenvalue weighted by Crippen LogP contribution is -2.06. The molecule has 3 aromatic rings. The minimum Gasteiger partial charge on any atom is -0.432 e. The zero-order chi connectivity index (χ0) is 18.1. The van der Waals surface area contributed by atoms with Gasteiger partial charge in [0.15, 0.2) is 11.4 Å². The van der Waals surface area contributed by atoms with E-state index < -0.39 is 0 Å². The molecule has 1 aliphatic rings. The fraction of sp³-hybridized carbons (Fsp3) is 0.550. The zero-order valence-corrected chi connectivity index (χ0v) is 15.8. The van der Waals surface area contributed by atoms with Gasteiger partial charge >= 0.3 is 0 Å². The lowest BCUT2D eigenvalue weighted by atomic mass is 9.99. The van der Waals surface area contributed by atoms with E-state index in [1.807, 2.05) is 0 Å². The monoisotopic (exact) mass is 354 g/mol. The van der Waals surface area contributed by atoms with Crippen molar-refractivity contribution in [1.82, 2.24) is 15.0 Å². The van der Waals surface area contributed by atoms with Gasteiger partial charge < -0.3 is 14.5 Å². The molecule has 0 bridgehead atoms. The second-order valence-corrected chi connectivity index (χ2v) is 7.42. The van der Waals surface area contributed by atoms with E-state index in [1.165, 1.54) is 23.2 Å². The second kappa shape index (κ2) is 7.19. The maximum atomic E-state index is 6.16. The van der Waals surface area contributed by atoms with E-state index in [0.29, 0.717) is 17.2 Å². The minimum atomic E-state index is 0.576. The van der Waals surface area contributed by atoms with Gasteiger partial charge in [0.05, 0.1) is 5.39 Å². The van der Waals surface area contributed by atoms with E-state index in [-0.39, 0.29) is 0 Å². The Balaban J connectivity index is 1.81. The Bertz CT molecular complexity index is 933. The number of ether oxygens (including phenoxy) is 1. The maximum absolute atomic E-state index is 6.16. The molecule has 1 N–H and O–H groups in total. The molecule has 0 aromatic carbocycles. The van der Waals surface area contributed by atoms with Crippen LogP contribution >= 0.6 is 0 Å². The molecule has 0 fully saturated rings. The average molecular weight is 354 g/mol. The molecule has 26 heavy (non-hydrogen) atoms. The van der Waals surface area contributed by atoms with Crippen LogP contribution in [0, 0.1) is 5.92 Å². The molecule has 0 amide bonds. The van der Waals surface area contributed by atoms with E-state index in [4.69, 9.17) is 14.1 Å². The Morgan fingerprint density at radius 2 is 2.08 bits per heavy atom. The standard InChI is InChI=1S/C20H26N4O2/c1-12(2)10-15-13-6-4-7-14(13)16-17-18(26-20(16)24-15)19(23-11-22-17)21-8-5-9-25-3/h11-12H,4-10H2,1-3H3,(H,21,22,23). The number of pyridine rings is 1. The highest BCUT2D eigenvalue weighted by Gasteiger charge is 2.25. The summed E-state index contributed by atoms with van der Waals surface area (Å²) in [5, 5.41) is 4.43. The fourth-order valence-corrected chi connectivity index (χ4v) is 3.88. The first-order valence-corrected chi connectivity index (χ1v) is 9.49. The first-order valence-electron chi connectivity index (χ1n) is 9.49. The number of furan rings is 1. The van der Waals surface area contributed by atoms with Gasteiger partial charge in [0.2, 0.25) is 5.71 Å². The van der Waals surface area contributed by atoms with Crippen molar-refractivity contribution in [3.8, 4) is 0 Å². The third kappa shape index (κ3) is 3.03. The van der Waals surface area contributed by atoms with Gasteiger partial charge in [-0.2, -0.15) is 0 Å². The third-order valence-electron chi connectivity index (χ3n) is 4.98. The molecule has 0 saturated heterocycles. The van der Waals surface area contributed by atoms with Crippen LogP contribution in [-0.2, 0) is 24.0 Å². The summed E-state index contributed by atoms with van der Waals surface area (Å²) in [6.45, 7) is 5.97. The molecule has 6 heteroatoms. The molecule has 0 radical (unpaired) electrons. The van der Waals surface area contributed by atoms with Gasteiger partial charge in [0.1, 0.15) is 11.8 Å². The molecule has 6 nitrogen and oxygen atoms in total. The number of rotatable bonds is 7. The van der Waals surface area contributed by atoms with Crippen molar-refractivity contribution >= 4 is 28.0 Å². The van der Waals surface area contributed by atoms with Crippen LogP contribution in [0.1, 0.15) is 43.5 Å². The van der Waals surface area contributed by atoms with Gasteiger partial charge in [0, 0.05) is 26.0 Å². The summed E-state index contributed by atoms with van der Waals surface area (Å²) in [5.74, 6) is 1.31. The van der Waals surface area contributed by atoms with Gasteiger partial charge in [-0.3, -0.25) is 0 Å². The molecular formula is C20H26N4O2. The van der Waals surface area contributed by atoms with Gasteiger partial charge in [-0.25, -0.2) is 15.0 Å². The summed E-state index contributed by atoms with van der Waals surface area (Å²) in [4.78, 5) is 13.8. The average Bonchev–Trinajstić information content (AvgIpc) is 3.22. The second-order valence-electron chi connectivity index (χ2n) is 7.42. The fourth-order valence-electron chi connectivity index (χ4n) is 3.88. The van der Waals surface area contributed by atoms with Crippen molar-refractivity contribution in [2.75, 3.05) is 25.6 Å². The Kier molecular flexibility index (Phi) is 4.76. The first kappa shape index (κ1) is 17.2. The highest BCUT2D eigenvalue weighted by Crippen LogP contribution is 2.38. The highest BCUT2D eigenvalue weighted by molar-refractivity contribution is 6.06. The largest absolute Gasteiger partial charge is 0.432 e. The quantitative estimate of drug-likeness (QED) is 0.649. The lowest BCUT2D eigenvalue weighted by molar-refractivity contribution is 0.198. The molecule has 0 saturated carbocycles. The van der Waals surface area contributed by atoms with Crippen LogP contribution in [0.3, 0.4) is 0 Å². The Hall–Kier alpha value is -2.21. The van der Waals surface area contributed by atoms with Gasteiger partial charge in [-0.1, -0.05) is 13.8 Å². The summed E-state index contributed by atoms with van der Waals surface area (Å²) < 4.78 is 11.3. The molecule has 3 aromatic heterocycles. The molecule has 0 aliphatic heterocycles. The van der Waals surface area contributed by atoms with Crippen molar-refractivity contribution in [1.29, 1.82) is 0 Å². The molecule has 1 aliphatic carbocycles. The molecule has 3 heterocycles. The molecule has 138 valence electrons. The van der Waals surface area contributed by atoms with E-state index in [0.717, 1.165) is 55.6 Å². The molecule has 0 unspecified atom stereocenters. The number of anilines is 1. The minimum absolute atomic E-state index is 0.576. The van der Waals surface area contributed by atoms with Crippen LogP contribution in [0.25, 0.3) is 22.2 Å². The number of aryl methyl sites for hydroxylation is 1. The summed E-state index contributed by atoms with van der Waals surface area (Å²) in [6.07, 6.45) is 6.88.